The van der Waals surface area contributed by atoms with E-state index in [2.05, 4.69) is 5.32 Å². The average Bonchev–Trinajstić information content (AvgIpc) is 2.56. The smallest absolute Gasteiger partial charge is 0.254 e. The van der Waals surface area contributed by atoms with Gasteiger partial charge in [-0.3, -0.25) is 9.59 Å². The Balaban J connectivity index is 3.02. The third-order valence-electron chi connectivity index (χ3n) is 3.50. The number of amides is 1. The number of rotatable bonds is 9. The van der Waals surface area contributed by atoms with Gasteiger partial charge in [0.05, 0.1) is 19.8 Å². The van der Waals surface area contributed by atoms with Crippen molar-refractivity contribution in [3.05, 3.63) is 23.3 Å². The minimum Gasteiger partial charge on any atom is -0.502 e. The molecule has 0 saturated heterocycles. The highest BCUT2D eigenvalue weighted by Gasteiger charge is 2.16. The van der Waals surface area contributed by atoms with Gasteiger partial charge in [-0.05, 0) is 57.8 Å². The summed E-state index contributed by atoms with van der Waals surface area (Å²) in [6.45, 7) is 2.65. The number of carbonyl (C=O) groups excluding carboxylic acids is 2. The van der Waals surface area contributed by atoms with Gasteiger partial charge >= 0.3 is 0 Å². The SMILES string of the molecule is COc1cc(/C=C(/C(C)=O)C(=O)NCCCN(C)C)cc(OC)c1O. The molecule has 0 saturated carbocycles. The molecule has 0 spiro atoms. The summed E-state index contributed by atoms with van der Waals surface area (Å²) >= 11 is 0. The fourth-order valence-corrected chi connectivity index (χ4v) is 2.18. The maximum atomic E-state index is 12.3. The Hall–Kier alpha value is -2.54. The second-order valence-corrected chi connectivity index (χ2v) is 5.80. The molecule has 138 valence electrons. The van der Waals surface area contributed by atoms with Crippen LogP contribution >= 0.6 is 0 Å². The monoisotopic (exact) mass is 350 g/mol. The fourth-order valence-electron chi connectivity index (χ4n) is 2.18. The lowest BCUT2D eigenvalue weighted by atomic mass is 10.1. The molecule has 1 aromatic carbocycles. The van der Waals surface area contributed by atoms with Crippen molar-refractivity contribution in [3.8, 4) is 17.2 Å². The van der Waals surface area contributed by atoms with Crippen LogP contribution in [0.5, 0.6) is 17.2 Å². The molecule has 0 aromatic heterocycles. The first kappa shape index (κ1) is 20.5. The van der Waals surface area contributed by atoms with Crippen molar-refractivity contribution in [1.29, 1.82) is 0 Å². The van der Waals surface area contributed by atoms with Gasteiger partial charge in [0, 0.05) is 6.54 Å². The highest BCUT2D eigenvalue weighted by Crippen LogP contribution is 2.37. The quantitative estimate of drug-likeness (QED) is 0.303. The Morgan fingerprint density at radius 2 is 1.76 bits per heavy atom. The van der Waals surface area contributed by atoms with Crippen LogP contribution < -0.4 is 14.8 Å². The molecule has 1 rings (SSSR count). The zero-order chi connectivity index (χ0) is 19.0. The number of hydrogen-bond acceptors (Lipinski definition) is 6. The Morgan fingerprint density at radius 3 is 2.20 bits per heavy atom. The van der Waals surface area contributed by atoms with Crippen molar-refractivity contribution in [2.75, 3.05) is 41.4 Å². The van der Waals surface area contributed by atoms with E-state index in [-0.39, 0.29) is 28.6 Å². The summed E-state index contributed by atoms with van der Waals surface area (Å²) in [6.07, 6.45) is 2.23. The molecule has 1 amide bonds. The van der Waals surface area contributed by atoms with Crippen LogP contribution in [-0.4, -0.2) is 63.1 Å². The molecule has 0 aliphatic rings. The van der Waals surface area contributed by atoms with E-state index < -0.39 is 5.91 Å². The van der Waals surface area contributed by atoms with E-state index >= 15 is 0 Å². The second-order valence-electron chi connectivity index (χ2n) is 5.80. The van der Waals surface area contributed by atoms with Gasteiger partial charge in [-0.1, -0.05) is 0 Å². The summed E-state index contributed by atoms with van der Waals surface area (Å²) in [6, 6.07) is 3.06. The topological polar surface area (TPSA) is 88.1 Å². The Bertz CT molecular complexity index is 628. The number of hydrogen-bond donors (Lipinski definition) is 2. The van der Waals surface area contributed by atoms with E-state index in [1.54, 1.807) is 0 Å². The molecule has 0 fully saturated rings. The van der Waals surface area contributed by atoms with Crippen molar-refractivity contribution in [3.63, 3.8) is 0 Å². The van der Waals surface area contributed by atoms with E-state index in [0.717, 1.165) is 13.0 Å². The van der Waals surface area contributed by atoms with Crippen molar-refractivity contribution < 1.29 is 24.2 Å². The highest BCUT2D eigenvalue weighted by atomic mass is 16.5. The normalized spacial score (nSPS) is 11.4. The molecule has 0 aliphatic carbocycles. The van der Waals surface area contributed by atoms with E-state index in [9.17, 15) is 14.7 Å². The largest absolute Gasteiger partial charge is 0.502 e. The number of nitrogens with zero attached hydrogens (tertiary/aromatic N) is 1. The van der Waals surface area contributed by atoms with Crippen LogP contribution in [0.2, 0.25) is 0 Å². The summed E-state index contributed by atoms with van der Waals surface area (Å²) < 4.78 is 10.2. The maximum absolute atomic E-state index is 12.3. The summed E-state index contributed by atoms with van der Waals surface area (Å²) in [4.78, 5) is 26.2. The van der Waals surface area contributed by atoms with Crippen molar-refractivity contribution in [2.45, 2.75) is 13.3 Å². The van der Waals surface area contributed by atoms with E-state index in [0.29, 0.717) is 12.1 Å². The maximum Gasteiger partial charge on any atom is 0.254 e. The highest BCUT2D eigenvalue weighted by molar-refractivity contribution is 6.21. The number of ether oxygens (including phenoxy) is 2. The Labute approximate surface area is 148 Å². The third kappa shape index (κ3) is 6.11. The molecule has 0 bridgehead atoms. The number of benzene rings is 1. The lowest BCUT2D eigenvalue weighted by Crippen LogP contribution is -2.30. The molecular weight excluding hydrogens is 324 g/mol. The molecular formula is C18H26N2O5. The fraction of sp³-hybridized carbons (Fsp3) is 0.444. The Morgan fingerprint density at radius 1 is 1.20 bits per heavy atom. The number of ketones is 1. The van der Waals surface area contributed by atoms with Gasteiger partial charge in [-0.25, -0.2) is 0 Å². The van der Waals surface area contributed by atoms with Crippen LogP contribution in [0.4, 0.5) is 0 Å². The van der Waals surface area contributed by atoms with Crippen LogP contribution in [0.25, 0.3) is 6.08 Å². The van der Waals surface area contributed by atoms with Gasteiger partial charge in [0.15, 0.2) is 17.3 Å². The van der Waals surface area contributed by atoms with Gasteiger partial charge < -0.3 is 24.8 Å². The summed E-state index contributed by atoms with van der Waals surface area (Å²) in [5.74, 6) is -0.534. The molecule has 0 heterocycles. The molecule has 25 heavy (non-hydrogen) atoms. The van der Waals surface area contributed by atoms with Crippen LogP contribution in [0.3, 0.4) is 0 Å². The second kappa shape index (κ2) is 9.68. The van der Waals surface area contributed by atoms with Crippen LogP contribution in [0.1, 0.15) is 18.9 Å². The van der Waals surface area contributed by atoms with E-state index in [1.807, 2.05) is 19.0 Å². The summed E-state index contributed by atoms with van der Waals surface area (Å²) in [7, 11) is 6.72. The van der Waals surface area contributed by atoms with Crippen molar-refractivity contribution >= 4 is 17.8 Å². The minimum atomic E-state index is -0.433. The number of Topliss-reactive ketones (excluding diaryl/α,β-unsaturated/α-hetero) is 1. The van der Waals surface area contributed by atoms with Crippen molar-refractivity contribution in [2.24, 2.45) is 0 Å². The van der Waals surface area contributed by atoms with Gasteiger partial charge in [0.25, 0.3) is 5.91 Å². The molecule has 0 aliphatic heterocycles. The lowest BCUT2D eigenvalue weighted by Gasteiger charge is -2.12. The average molecular weight is 350 g/mol. The molecule has 0 radical (unpaired) electrons. The van der Waals surface area contributed by atoms with Gasteiger partial charge in [0.1, 0.15) is 0 Å². The van der Waals surface area contributed by atoms with Crippen molar-refractivity contribution in [1.82, 2.24) is 10.2 Å². The van der Waals surface area contributed by atoms with Gasteiger partial charge in [-0.15, -0.1) is 0 Å². The number of nitrogens with one attached hydrogen (secondary N) is 1. The number of carbonyl (C=O) groups is 2. The molecule has 7 nitrogen and oxygen atoms in total. The molecule has 0 unspecified atom stereocenters. The van der Waals surface area contributed by atoms with Gasteiger partial charge in [-0.2, -0.15) is 0 Å². The predicted octanol–water partition coefficient (Wildman–Crippen LogP) is 1.45. The zero-order valence-electron chi connectivity index (χ0n) is 15.4. The first-order chi connectivity index (χ1) is 11.8. The summed E-state index contributed by atoms with van der Waals surface area (Å²) in [5, 5.41) is 12.7. The predicted molar refractivity (Wildman–Crippen MR) is 96.0 cm³/mol. The minimum absolute atomic E-state index is 0.0275. The number of methoxy groups -OCH3 is 2. The van der Waals surface area contributed by atoms with Gasteiger partial charge in [0.2, 0.25) is 5.75 Å². The van der Waals surface area contributed by atoms with Crippen LogP contribution in [0.15, 0.2) is 17.7 Å². The first-order valence-electron chi connectivity index (χ1n) is 7.90. The van der Waals surface area contributed by atoms with Crippen LogP contribution in [0, 0.1) is 0 Å². The third-order valence-corrected chi connectivity index (χ3v) is 3.50. The zero-order valence-corrected chi connectivity index (χ0v) is 15.4. The molecule has 1 aromatic rings. The number of phenols is 1. The standard InChI is InChI=1S/C18H26N2O5/c1-12(21)14(18(23)19-7-6-8-20(2)3)9-13-10-15(24-4)17(22)16(11-13)25-5/h9-11,22H,6-8H2,1-5H3,(H,19,23)/b14-9-. The lowest BCUT2D eigenvalue weighted by molar-refractivity contribution is -0.121. The first-order valence-corrected chi connectivity index (χ1v) is 7.90. The molecule has 2 N–H and O–H groups in total. The summed E-state index contributed by atoms with van der Waals surface area (Å²) in [5.41, 5.74) is 0.541. The molecule has 7 heteroatoms. The van der Waals surface area contributed by atoms with E-state index in [4.69, 9.17) is 9.47 Å². The number of phenolic OH excluding ortho intramolecular Hbond substituents is 1. The van der Waals surface area contributed by atoms with E-state index in [1.165, 1.54) is 39.4 Å². The number of aromatic hydroxyl groups is 1. The van der Waals surface area contributed by atoms with Crippen LogP contribution in [-0.2, 0) is 9.59 Å². The Kier molecular flexibility index (Phi) is 7.94. The molecule has 0 atom stereocenters.